The molecule has 1 heterocycles. The zero-order valence-electron chi connectivity index (χ0n) is 12.1. The van der Waals surface area contributed by atoms with E-state index in [0.717, 1.165) is 18.4 Å². The van der Waals surface area contributed by atoms with E-state index in [1.54, 1.807) is 12.1 Å². The maximum Gasteiger partial charge on any atom is 0.254 e. The number of aromatic nitrogens is 2. The minimum absolute atomic E-state index is 0.208. The van der Waals surface area contributed by atoms with Gasteiger partial charge in [-0.1, -0.05) is 12.1 Å². The molecule has 0 atom stereocenters. The molecule has 0 radical (unpaired) electrons. The number of halogens is 1. The third-order valence-electron chi connectivity index (χ3n) is 3.44. The first-order chi connectivity index (χ1) is 10.7. The maximum atomic E-state index is 12.8. The van der Waals surface area contributed by atoms with Gasteiger partial charge < -0.3 is 10.6 Å². The summed E-state index contributed by atoms with van der Waals surface area (Å²) in [6, 6.07) is 6.73. The minimum atomic E-state index is -0.259. The number of benzene rings is 1. The number of carbonyl (C=O) groups is 1. The molecule has 1 fully saturated rings. The molecule has 1 aliphatic rings. The van der Waals surface area contributed by atoms with Gasteiger partial charge in [-0.2, -0.15) is 0 Å². The first kappa shape index (κ1) is 14.4. The van der Waals surface area contributed by atoms with Crippen molar-refractivity contribution in [1.29, 1.82) is 0 Å². The van der Waals surface area contributed by atoms with Gasteiger partial charge in [-0.3, -0.25) is 4.79 Å². The van der Waals surface area contributed by atoms with Crippen molar-refractivity contribution in [3.63, 3.8) is 0 Å². The Morgan fingerprint density at radius 1 is 1.18 bits per heavy atom. The van der Waals surface area contributed by atoms with E-state index in [1.807, 2.05) is 0 Å². The van der Waals surface area contributed by atoms with Gasteiger partial charge in [0.15, 0.2) is 0 Å². The fourth-order valence-corrected chi connectivity index (χ4v) is 2.00. The molecule has 0 bridgehead atoms. The van der Waals surface area contributed by atoms with Crippen molar-refractivity contribution >= 4 is 11.9 Å². The average molecular weight is 300 g/mol. The van der Waals surface area contributed by atoms with E-state index in [0.29, 0.717) is 30.5 Å². The molecule has 22 heavy (non-hydrogen) atoms. The van der Waals surface area contributed by atoms with Gasteiger partial charge in [-0.15, -0.1) is 0 Å². The number of nitrogens with one attached hydrogen (secondary N) is 2. The van der Waals surface area contributed by atoms with Crippen molar-refractivity contribution in [3.05, 3.63) is 53.6 Å². The summed E-state index contributed by atoms with van der Waals surface area (Å²) in [5, 5.41) is 5.97. The average Bonchev–Trinajstić information content (AvgIpc) is 3.34. The van der Waals surface area contributed by atoms with Crippen LogP contribution in [-0.4, -0.2) is 28.5 Å². The summed E-state index contributed by atoms with van der Waals surface area (Å²) >= 11 is 0. The summed E-state index contributed by atoms with van der Waals surface area (Å²) in [7, 11) is 0. The summed E-state index contributed by atoms with van der Waals surface area (Å²) in [5.74, 6) is 0.0928. The monoisotopic (exact) mass is 300 g/mol. The Labute approximate surface area is 128 Å². The van der Waals surface area contributed by atoms with Crippen molar-refractivity contribution in [2.75, 3.05) is 11.9 Å². The van der Waals surface area contributed by atoms with Crippen LogP contribution in [-0.2, 0) is 6.42 Å². The van der Waals surface area contributed by atoms with Gasteiger partial charge in [0.25, 0.3) is 5.91 Å². The lowest BCUT2D eigenvalue weighted by molar-refractivity contribution is 0.0953. The molecule has 5 nitrogen and oxygen atoms in total. The van der Waals surface area contributed by atoms with E-state index in [4.69, 9.17) is 0 Å². The zero-order chi connectivity index (χ0) is 15.4. The van der Waals surface area contributed by atoms with Crippen LogP contribution in [0.5, 0.6) is 0 Å². The summed E-state index contributed by atoms with van der Waals surface area (Å²) in [5.41, 5.74) is 1.40. The van der Waals surface area contributed by atoms with Crippen molar-refractivity contribution in [2.24, 2.45) is 0 Å². The Balaban J connectivity index is 1.47. The molecule has 2 N–H and O–H groups in total. The third-order valence-corrected chi connectivity index (χ3v) is 3.44. The second kappa shape index (κ2) is 6.51. The van der Waals surface area contributed by atoms with Gasteiger partial charge in [0, 0.05) is 25.0 Å². The summed E-state index contributed by atoms with van der Waals surface area (Å²) < 4.78 is 12.8. The summed E-state index contributed by atoms with van der Waals surface area (Å²) in [6.45, 7) is 0.479. The van der Waals surface area contributed by atoms with Gasteiger partial charge in [-0.25, -0.2) is 14.4 Å². The lowest BCUT2D eigenvalue weighted by atomic mass is 10.1. The molecular weight excluding hydrogens is 283 g/mol. The smallest absolute Gasteiger partial charge is 0.254 e. The molecule has 114 valence electrons. The highest BCUT2D eigenvalue weighted by Gasteiger charge is 2.21. The van der Waals surface area contributed by atoms with Crippen LogP contribution in [0.4, 0.5) is 10.3 Å². The number of anilines is 1. The van der Waals surface area contributed by atoms with Gasteiger partial charge in [0.1, 0.15) is 5.82 Å². The summed E-state index contributed by atoms with van der Waals surface area (Å²) in [6.07, 6.45) is 5.98. The molecule has 0 saturated heterocycles. The molecule has 3 rings (SSSR count). The van der Waals surface area contributed by atoms with Crippen molar-refractivity contribution in [2.45, 2.75) is 25.3 Å². The lowest BCUT2D eigenvalue weighted by Gasteiger charge is -2.06. The fraction of sp³-hybridized carbons (Fsp3) is 0.312. The highest BCUT2D eigenvalue weighted by Crippen LogP contribution is 2.22. The van der Waals surface area contributed by atoms with Crippen LogP contribution in [0.2, 0.25) is 0 Å². The molecule has 6 heteroatoms. The van der Waals surface area contributed by atoms with Crippen LogP contribution >= 0.6 is 0 Å². The Kier molecular flexibility index (Phi) is 4.27. The maximum absolute atomic E-state index is 12.8. The zero-order valence-corrected chi connectivity index (χ0v) is 12.1. The van der Waals surface area contributed by atoms with Gasteiger partial charge in [0.2, 0.25) is 5.95 Å². The van der Waals surface area contributed by atoms with Crippen LogP contribution in [0.1, 0.15) is 28.8 Å². The molecule has 1 aromatic heterocycles. The number of hydrogen-bond donors (Lipinski definition) is 2. The fourth-order valence-electron chi connectivity index (χ4n) is 2.00. The number of rotatable bonds is 6. The highest BCUT2D eigenvalue weighted by atomic mass is 19.1. The molecule has 1 aromatic carbocycles. The molecule has 1 saturated carbocycles. The quantitative estimate of drug-likeness (QED) is 0.858. The summed E-state index contributed by atoms with van der Waals surface area (Å²) in [4.78, 5) is 20.2. The minimum Gasteiger partial charge on any atom is -0.352 e. The van der Waals surface area contributed by atoms with E-state index in [1.165, 1.54) is 24.5 Å². The molecule has 0 unspecified atom stereocenters. The Morgan fingerprint density at radius 2 is 1.86 bits per heavy atom. The van der Waals surface area contributed by atoms with E-state index < -0.39 is 0 Å². The van der Waals surface area contributed by atoms with E-state index in [2.05, 4.69) is 20.6 Å². The molecule has 0 aliphatic heterocycles. The number of hydrogen-bond acceptors (Lipinski definition) is 4. The van der Waals surface area contributed by atoms with Gasteiger partial charge in [0.05, 0.1) is 5.56 Å². The van der Waals surface area contributed by atoms with Crippen LogP contribution in [0, 0.1) is 5.82 Å². The Hall–Kier alpha value is -2.50. The molecule has 1 amide bonds. The van der Waals surface area contributed by atoms with E-state index >= 15 is 0 Å². The van der Waals surface area contributed by atoms with Gasteiger partial charge in [-0.05, 0) is 37.0 Å². The third kappa shape index (κ3) is 4.00. The second-order valence-electron chi connectivity index (χ2n) is 5.35. The first-order valence-electron chi connectivity index (χ1n) is 7.32. The van der Waals surface area contributed by atoms with Crippen LogP contribution < -0.4 is 10.6 Å². The number of carbonyl (C=O) groups excluding carboxylic acids is 1. The largest absolute Gasteiger partial charge is 0.352 e. The molecule has 2 aromatic rings. The van der Waals surface area contributed by atoms with Gasteiger partial charge >= 0.3 is 0 Å². The van der Waals surface area contributed by atoms with Crippen LogP contribution in [0.25, 0.3) is 0 Å². The van der Waals surface area contributed by atoms with E-state index in [9.17, 15) is 9.18 Å². The standard InChI is InChI=1S/C16H17FN4O/c17-13-3-1-11(2-4-13)7-8-18-15(22)12-9-19-16(20-10-12)21-14-5-6-14/h1-4,9-10,14H,5-8H2,(H,18,22)(H,19,20,21). The van der Waals surface area contributed by atoms with E-state index in [-0.39, 0.29) is 11.7 Å². The van der Waals surface area contributed by atoms with Crippen molar-refractivity contribution in [3.8, 4) is 0 Å². The predicted molar refractivity (Wildman–Crippen MR) is 81.1 cm³/mol. The number of amides is 1. The molecule has 1 aliphatic carbocycles. The van der Waals surface area contributed by atoms with Crippen LogP contribution in [0.3, 0.4) is 0 Å². The van der Waals surface area contributed by atoms with Crippen LogP contribution in [0.15, 0.2) is 36.7 Å². The van der Waals surface area contributed by atoms with Crippen molar-refractivity contribution in [1.82, 2.24) is 15.3 Å². The second-order valence-corrected chi connectivity index (χ2v) is 5.35. The normalized spacial score (nSPS) is 13.7. The van der Waals surface area contributed by atoms with Crippen molar-refractivity contribution < 1.29 is 9.18 Å². The Morgan fingerprint density at radius 3 is 2.50 bits per heavy atom. The lowest BCUT2D eigenvalue weighted by Crippen LogP contribution is -2.26. The molecule has 0 spiro atoms. The number of nitrogens with zero attached hydrogens (tertiary/aromatic N) is 2. The predicted octanol–water partition coefficient (Wildman–Crippen LogP) is 2.16. The highest BCUT2D eigenvalue weighted by molar-refractivity contribution is 5.93. The topological polar surface area (TPSA) is 66.9 Å². The molecular formula is C16H17FN4O. The first-order valence-corrected chi connectivity index (χ1v) is 7.32. The SMILES string of the molecule is O=C(NCCc1ccc(F)cc1)c1cnc(NC2CC2)nc1. The Bertz CT molecular complexity index is 638.